The number of hydrogen-bond donors (Lipinski definition) is 3. The summed E-state index contributed by atoms with van der Waals surface area (Å²) in [5.41, 5.74) is -0.964. The van der Waals surface area contributed by atoms with E-state index in [-0.39, 0.29) is 12.5 Å². The van der Waals surface area contributed by atoms with Crippen LogP contribution in [-0.4, -0.2) is 46.4 Å². The molecule has 3 atom stereocenters. The number of carbonyl (C=O) groups is 2. The molecule has 1 saturated heterocycles. The minimum absolute atomic E-state index is 0.140. The average Bonchev–Trinajstić information content (AvgIpc) is 2.73. The van der Waals surface area contributed by atoms with E-state index in [9.17, 15) is 14.7 Å². The fourth-order valence-corrected chi connectivity index (χ4v) is 2.35. The van der Waals surface area contributed by atoms with Crippen molar-refractivity contribution in [1.82, 2.24) is 5.32 Å². The van der Waals surface area contributed by atoms with E-state index in [0.29, 0.717) is 25.2 Å². The second kappa shape index (κ2) is 6.34. The number of carboxylic acid groups (broad SMARTS) is 1. The zero-order chi connectivity index (χ0) is 14.6. The van der Waals surface area contributed by atoms with Crippen molar-refractivity contribution in [2.75, 3.05) is 6.54 Å². The molecule has 1 aliphatic rings. The first-order valence-corrected chi connectivity index (χ1v) is 6.59. The Morgan fingerprint density at radius 1 is 1.37 bits per heavy atom. The third-order valence-corrected chi connectivity index (χ3v) is 3.08. The molecule has 0 aromatic carbocycles. The van der Waals surface area contributed by atoms with Crippen LogP contribution in [0.25, 0.3) is 0 Å². The quantitative estimate of drug-likeness (QED) is 0.656. The van der Waals surface area contributed by atoms with E-state index >= 15 is 0 Å². The zero-order valence-corrected chi connectivity index (χ0v) is 11.7. The standard InChI is InChI=1S/C13H23NO5/c1-8(2)6-13(3,18)7-14-11(15)9-4-5-10(19-9)12(16)17/h8-10,18H,4-7H2,1-3H3,(H,14,15)(H,16,17). The Morgan fingerprint density at radius 2 is 1.95 bits per heavy atom. The number of aliphatic hydroxyl groups is 1. The van der Waals surface area contributed by atoms with Gasteiger partial charge in [0.15, 0.2) is 6.10 Å². The van der Waals surface area contributed by atoms with Gasteiger partial charge in [-0.05, 0) is 32.1 Å². The van der Waals surface area contributed by atoms with Gasteiger partial charge in [-0.1, -0.05) is 13.8 Å². The van der Waals surface area contributed by atoms with Crippen molar-refractivity contribution in [1.29, 1.82) is 0 Å². The van der Waals surface area contributed by atoms with Crippen molar-refractivity contribution in [3.63, 3.8) is 0 Å². The average molecular weight is 273 g/mol. The molecule has 0 bridgehead atoms. The first-order chi connectivity index (χ1) is 8.71. The van der Waals surface area contributed by atoms with Gasteiger partial charge >= 0.3 is 5.97 Å². The molecule has 1 heterocycles. The summed E-state index contributed by atoms with van der Waals surface area (Å²) in [4.78, 5) is 22.5. The van der Waals surface area contributed by atoms with Crippen molar-refractivity contribution in [2.24, 2.45) is 5.92 Å². The van der Waals surface area contributed by atoms with Crippen LogP contribution in [0.3, 0.4) is 0 Å². The molecule has 0 radical (unpaired) electrons. The molecule has 1 fully saturated rings. The molecular weight excluding hydrogens is 250 g/mol. The summed E-state index contributed by atoms with van der Waals surface area (Å²) >= 11 is 0. The van der Waals surface area contributed by atoms with Gasteiger partial charge in [0.1, 0.15) is 6.10 Å². The summed E-state index contributed by atoms with van der Waals surface area (Å²) in [7, 11) is 0. The predicted octanol–water partition coefficient (Wildman–Crippen LogP) is 0.532. The normalized spacial score (nSPS) is 26.2. The minimum atomic E-state index is -1.04. The van der Waals surface area contributed by atoms with Gasteiger partial charge < -0.3 is 20.3 Å². The van der Waals surface area contributed by atoms with E-state index in [1.54, 1.807) is 6.92 Å². The molecule has 110 valence electrons. The van der Waals surface area contributed by atoms with Gasteiger partial charge in [0.2, 0.25) is 5.91 Å². The van der Waals surface area contributed by atoms with Crippen LogP contribution >= 0.6 is 0 Å². The van der Waals surface area contributed by atoms with E-state index in [4.69, 9.17) is 9.84 Å². The molecule has 3 N–H and O–H groups in total. The number of amides is 1. The molecular formula is C13H23NO5. The summed E-state index contributed by atoms with van der Waals surface area (Å²) < 4.78 is 5.14. The van der Waals surface area contributed by atoms with E-state index in [0.717, 1.165) is 0 Å². The Morgan fingerprint density at radius 3 is 2.42 bits per heavy atom. The lowest BCUT2D eigenvalue weighted by molar-refractivity contribution is -0.152. The number of carbonyl (C=O) groups excluding carboxylic acids is 1. The topological polar surface area (TPSA) is 95.9 Å². The first-order valence-electron chi connectivity index (χ1n) is 6.59. The van der Waals surface area contributed by atoms with Gasteiger partial charge in [-0.25, -0.2) is 4.79 Å². The second-order valence-electron chi connectivity index (χ2n) is 5.84. The lowest BCUT2D eigenvalue weighted by atomic mass is 9.94. The number of rotatable bonds is 6. The highest BCUT2D eigenvalue weighted by atomic mass is 16.5. The Hall–Kier alpha value is -1.14. The maximum atomic E-state index is 11.8. The third kappa shape index (κ3) is 5.16. The van der Waals surface area contributed by atoms with Gasteiger partial charge in [0.05, 0.1) is 5.60 Å². The van der Waals surface area contributed by atoms with Crippen molar-refractivity contribution < 1.29 is 24.5 Å². The van der Waals surface area contributed by atoms with Gasteiger partial charge in [-0.15, -0.1) is 0 Å². The van der Waals surface area contributed by atoms with Crippen LogP contribution in [0.4, 0.5) is 0 Å². The largest absolute Gasteiger partial charge is 0.479 e. The molecule has 0 aliphatic carbocycles. The van der Waals surface area contributed by atoms with Crippen LogP contribution < -0.4 is 5.32 Å². The molecule has 6 nitrogen and oxygen atoms in total. The van der Waals surface area contributed by atoms with Crippen LogP contribution in [0.15, 0.2) is 0 Å². The molecule has 0 aromatic heterocycles. The smallest absolute Gasteiger partial charge is 0.332 e. The molecule has 1 amide bonds. The number of carboxylic acids is 1. The lowest BCUT2D eigenvalue weighted by Crippen LogP contribution is -2.45. The number of aliphatic carboxylic acids is 1. The fourth-order valence-electron chi connectivity index (χ4n) is 2.35. The third-order valence-electron chi connectivity index (χ3n) is 3.08. The highest BCUT2D eigenvalue weighted by Gasteiger charge is 2.35. The zero-order valence-electron chi connectivity index (χ0n) is 11.7. The van der Waals surface area contributed by atoms with Crippen molar-refractivity contribution in [3.8, 4) is 0 Å². The van der Waals surface area contributed by atoms with Crippen molar-refractivity contribution in [2.45, 2.75) is 57.8 Å². The van der Waals surface area contributed by atoms with Crippen molar-refractivity contribution >= 4 is 11.9 Å². The Balaban J connectivity index is 2.38. The molecule has 1 aliphatic heterocycles. The minimum Gasteiger partial charge on any atom is -0.479 e. The number of ether oxygens (including phenoxy) is 1. The molecule has 0 aromatic rings. The van der Waals surface area contributed by atoms with Crippen LogP contribution in [0.2, 0.25) is 0 Å². The summed E-state index contributed by atoms with van der Waals surface area (Å²) in [5, 5.41) is 21.5. The highest BCUT2D eigenvalue weighted by Crippen LogP contribution is 2.20. The lowest BCUT2D eigenvalue weighted by Gasteiger charge is -2.26. The van der Waals surface area contributed by atoms with E-state index in [1.807, 2.05) is 13.8 Å². The van der Waals surface area contributed by atoms with Gasteiger partial charge in [0, 0.05) is 6.54 Å². The molecule has 0 spiro atoms. The summed E-state index contributed by atoms with van der Waals surface area (Å²) in [6.07, 6.45) is -0.301. The van der Waals surface area contributed by atoms with E-state index in [1.165, 1.54) is 0 Å². The molecule has 3 unspecified atom stereocenters. The maximum Gasteiger partial charge on any atom is 0.332 e. The highest BCUT2D eigenvalue weighted by molar-refractivity contribution is 5.82. The van der Waals surface area contributed by atoms with Gasteiger partial charge in [-0.2, -0.15) is 0 Å². The summed E-state index contributed by atoms with van der Waals surface area (Å²) in [5.74, 6) is -1.07. The van der Waals surface area contributed by atoms with Crippen LogP contribution in [-0.2, 0) is 14.3 Å². The maximum absolute atomic E-state index is 11.8. The summed E-state index contributed by atoms with van der Waals surface area (Å²) in [6, 6.07) is 0. The SMILES string of the molecule is CC(C)CC(C)(O)CNC(=O)C1CCC(C(=O)O)O1. The second-order valence-corrected chi connectivity index (χ2v) is 5.84. The van der Waals surface area contributed by atoms with E-state index < -0.39 is 23.8 Å². The van der Waals surface area contributed by atoms with Gasteiger partial charge in [0.25, 0.3) is 0 Å². The molecule has 19 heavy (non-hydrogen) atoms. The van der Waals surface area contributed by atoms with Crippen molar-refractivity contribution in [3.05, 3.63) is 0 Å². The molecule has 6 heteroatoms. The number of hydrogen-bond acceptors (Lipinski definition) is 4. The monoisotopic (exact) mass is 273 g/mol. The van der Waals surface area contributed by atoms with Crippen LogP contribution in [0.1, 0.15) is 40.0 Å². The predicted molar refractivity (Wildman–Crippen MR) is 68.6 cm³/mol. The van der Waals surface area contributed by atoms with Crippen LogP contribution in [0, 0.1) is 5.92 Å². The number of nitrogens with one attached hydrogen (secondary N) is 1. The Bertz CT molecular complexity index is 340. The first kappa shape index (κ1) is 15.9. The fraction of sp³-hybridized carbons (Fsp3) is 0.846. The van der Waals surface area contributed by atoms with Crippen LogP contribution in [0.5, 0.6) is 0 Å². The summed E-state index contributed by atoms with van der Waals surface area (Å²) in [6.45, 7) is 5.80. The van der Waals surface area contributed by atoms with Gasteiger partial charge in [-0.3, -0.25) is 4.79 Å². The molecule has 0 saturated carbocycles. The Kier molecular flexibility index (Phi) is 5.31. The Labute approximate surface area is 113 Å². The van der Waals surface area contributed by atoms with E-state index in [2.05, 4.69) is 5.32 Å². The molecule has 1 rings (SSSR count).